The molecule has 1 saturated heterocycles. The molecular weight excluding hydrogens is 352 g/mol. The second kappa shape index (κ2) is 8.35. The van der Waals surface area contributed by atoms with Gasteiger partial charge in [-0.25, -0.2) is 0 Å². The quantitative estimate of drug-likeness (QED) is 0.778. The summed E-state index contributed by atoms with van der Waals surface area (Å²) < 4.78 is 7.79. The molecule has 1 aromatic carbocycles. The molecule has 6 nitrogen and oxygen atoms in total. The number of hydrogen-bond donors (Lipinski definition) is 1. The van der Waals surface area contributed by atoms with Crippen molar-refractivity contribution in [1.82, 2.24) is 14.7 Å². The first-order valence-electron chi connectivity index (χ1n) is 10.4. The van der Waals surface area contributed by atoms with Crippen LogP contribution in [0.25, 0.3) is 0 Å². The monoisotopic (exact) mass is 382 g/mol. The molecule has 150 valence electrons. The number of carbonyl (C=O) groups excluding carboxylic acids is 1. The van der Waals surface area contributed by atoms with Crippen LogP contribution in [0.1, 0.15) is 54.8 Å². The molecule has 2 aliphatic rings. The molecule has 1 unspecified atom stereocenters. The van der Waals surface area contributed by atoms with Crippen LogP contribution in [0.15, 0.2) is 24.3 Å². The molecule has 4 rings (SSSR count). The lowest BCUT2D eigenvalue weighted by Gasteiger charge is -2.26. The summed E-state index contributed by atoms with van der Waals surface area (Å²) in [6.45, 7) is 6.30. The highest BCUT2D eigenvalue weighted by Gasteiger charge is 2.31. The predicted molar refractivity (Wildman–Crippen MR) is 110 cm³/mol. The minimum atomic E-state index is 0.0225. The van der Waals surface area contributed by atoms with Crippen molar-refractivity contribution < 1.29 is 9.53 Å². The average molecular weight is 383 g/mol. The van der Waals surface area contributed by atoms with E-state index in [-0.39, 0.29) is 11.8 Å². The third-order valence-electron chi connectivity index (χ3n) is 5.86. The van der Waals surface area contributed by atoms with Crippen molar-refractivity contribution in [2.45, 2.75) is 44.9 Å². The molecule has 0 bridgehead atoms. The van der Waals surface area contributed by atoms with E-state index in [1.54, 1.807) is 4.68 Å². The van der Waals surface area contributed by atoms with Crippen LogP contribution in [0, 0.1) is 6.92 Å². The fraction of sp³-hybridized carbons (Fsp3) is 0.545. The molecule has 1 aromatic heterocycles. The summed E-state index contributed by atoms with van der Waals surface area (Å²) in [6, 6.07) is 8.19. The molecule has 1 N–H and O–H groups in total. The first kappa shape index (κ1) is 19.0. The van der Waals surface area contributed by atoms with Gasteiger partial charge in [0.1, 0.15) is 11.6 Å². The van der Waals surface area contributed by atoms with Crippen LogP contribution in [-0.4, -0.2) is 46.8 Å². The van der Waals surface area contributed by atoms with Gasteiger partial charge in [-0.3, -0.25) is 9.48 Å². The van der Waals surface area contributed by atoms with Crippen molar-refractivity contribution in [1.29, 1.82) is 0 Å². The Kier molecular flexibility index (Phi) is 5.67. The van der Waals surface area contributed by atoms with Gasteiger partial charge in [-0.15, -0.1) is 0 Å². The number of rotatable bonds is 6. The minimum Gasteiger partial charge on any atom is -0.494 e. The maximum Gasteiger partial charge on any atom is 0.226 e. The summed E-state index contributed by atoms with van der Waals surface area (Å²) >= 11 is 0. The van der Waals surface area contributed by atoms with Gasteiger partial charge in [0.25, 0.3) is 0 Å². The number of aromatic nitrogens is 2. The zero-order valence-corrected chi connectivity index (χ0v) is 16.9. The van der Waals surface area contributed by atoms with E-state index >= 15 is 0 Å². The largest absolute Gasteiger partial charge is 0.494 e. The van der Waals surface area contributed by atoms with E-state index in [4.69, 9.17) is 4.74 Å². The maximum absolute atomic E-state index is 12.2. The Morgan fingerprint density at radius 2 is 2.07 bits per heavy atom. The molecule has 3 heterocycles. The van der Waals surface area contributed by atoms with Crippen LogP contribution in [0.4, 0.5) is 5.82 Å². The number of anilines is 1. The number of nitrogens with zero attached hydrogens (tertiary/aromatic N) is 3. The summed E-state index contributed by atoms with van der Waals surface area (Å²) in [5.41, 5.74) is 3.19. The average Bonchev–Trinajstić information content (AvgIpc) is 2.99. The van der Waals surface area contributed by atoms with Crippen LogP contribution in [0.2, 0.25) is 0 Å². The van der Waals surface area contributed by atoms with Gasteiger partial charge in [0.15, 0.2) is 0 Å². The Labute approximate surface area is 166 Å². The highest BCUT2D eigenvalue weighted by Crippen LogP contribution is 2.39. The summed E-state index contributed by atoms with van der Waals surface area (Å²) in [4.78, 5) is 14.8. The fourth-order valence-corrected chi connectivity index (χ4v) is 4.48. The van der Waals surface area contributed by atoms with Gasteiger partial charge in [-0.2, -0.15) is 5.10 Å². The Bertz CT molecular complexity index is 839. The molecular formula is C22H30N4O2. The molecule has 2 aromatic rings. The Balaban J connectivity index is 1.42. The van der Waals surface area contributed by atoms with Gasteiger partial charge in [-0.05, 0) is 57.0 Å². The molecule has 0 spiro atoms. The van der Waals surface area contributed by atoms with Crippen molar-refractivity contribution in [2.75, 3.05) is 31.6 Å². The number of benzene rings is 1. The number of nitrogens with one attached hydrogen (secondary N) is 1. The van der Waals surface area contributed by atoms with E-state index in [0.29, 0.717) is 6.42 Å². The number of amides is 1. The SMILES string of the molecule is Cc1nn(C)c2c1C(c1cccc(OCCCN3CCCCC3)c1)CC(=O)N2. The molecule has 1 fully saturated rings. The molecule has 1 atom stereocenters. The molecule has 0 saturated carbocycles. The Hall–Kier alpha value is -2.34. The molecule has 0 aliphatic carbocycles. The summed E-state index contributed by atoms with van der Waals surface area (Å²) in [6.07, 6.45) is 5.51. The second-order valence-corrected chi connectivity index (χ2v) is 7.95. The molecule has 0 radical (unpaired) electrons. The molecule has 2 aliphatic heterocycles. The summed E-state index contributed by atoms with van der Waals surface area (Å²) in [5.74, 6) is 1.75. The number of likely N-dealkylation sites (tertiary alicyclic amines) is 1. The van der Waals surface area contributed by atoms with Crippen LogP contribution in [0.5, 0.6) is 5.75 Å². The van der Waals surface area contributed by atoms with E-state index in [1.165, 1.54) is 32.4 Å². The zero-order chi connectivity index (χ0) is 19.5. The molecule has 1 amide bonds. The van der Waals surface area contributed by atoms with Gasteiger partial charge >= 0.3 is 0 Å². The number of ether oxygens (including phenoxy) is 1. The van der Waals surface area contributed by atoms with E-state index < -0.39 is 0 Å². The normalized spacial score (nSPS) is 19.9. The van der Waals surface area contributed by atoms with Crippen molar-refractivity contribution in [2.24, 2.45) is 7.05 Å². The van der Waals surface area contributed by atoms with Crippen LogP contribution in [-0.2, 0) is 11.8 Å². The number of hydrogen-bond acceptors (Lipinski definition) is 4. The number of piperidine rings is 1. The van der Waals surface area contributed by atoms with Crippen LogP contribution in [0.3, 0.4) is 0 Å². The highest BCUT2D eigenvalue weighted by molar-refractivity contribution is 5.94. The fourth-order valence-electron chi connectivity index (χ4n) is 4.48. The van der Waals surface area contributed by atoms with Crippen LogP contribution < -0.4 is 10.1 Å². The summed E-state index contributed by atoms with van der Waals surface area (Å²) in [7, 11) is 1.87. The van der Waals surface area contributed by atoms with Gasteiger partial charge in [0.2, 0.25) is 5.91 Å². The lowest BCUT2D eigenvalue weighted by atomic mass is 9.86. The van der Waals surface area contributed by atoms with E-state index in [2.05, 4.69) is 27.4 Å². The van der Waals surface area contributed by atoms with Gasteiger partial charge < -0.3 is 15.0 Å². The van der Waals surface area contributed by atoms with E-state index in [0.717, 1.165) is 48.0 Å². The van der Waals surface area contributed by atoms with Crippen molar-refractivity contribution in [3.05, 3.63) is 41.1 Å². The molecule has 28 heavy (non-hydrogen) atoms. The predicted octanol–water partition coefficient (Wildman–Crippen LogP) is 3.46. The van der Waals surface area contributed by atoms with Crippen LogP contribution >= 0.6 is 0 Å². The van der Waals surface area contributed by atoms with Crippen molar-refractivity contribution >= 4 is 11.7 Å². The van der Waals surface area contributed by atoms with Crippen molar-refractivity contribution in [3.8, 4) is 5.75 Å². The lowest BCUT2D eigenvalue weighted by molar-refractivity contribution is -0.116. The number of carbonyl (C=O) groups is 1. The topological polar surface area (TPSA) is 59.4 Å². The standard InChI is InChI=1S/C22H30N4O2/c1-16-21-19(15-20(27)23-22(21)25(2)24-16)17-8-6-9-18(14-17)28-13-7-12-26-10-4-3-5-11-26/h6,8-9,14,19H,3-5,7,10-13,15H2,1-2H3,(H,23,27). The van der Waals surface area contributed by atoms with E-state index in [1.807, 2.05) is 26.1 Å². The molecule has 6 heteroatoms. The van der Waals surface area contributed by atoms with Gasteiger partial charge in [0, 0.05) is 31.5 Å². The lowest BCUT2D eigenvalue weighted by Crippen LogP contribution is -2.31. The number of fused-ring (bicyclic) bond motifs is 1. The summed E-state index contributed by atoms with van der Waals surface area (Å²) in [5, 5.41) is 7.46. The third kappa shape index (κ3) is 4.07. The second-order valence-electron chi connectivity index (χ2n) is 7.95. The van der Waals surface area contributed by atoms with Gasteiger partial charge in [-0.1, -0.05) is 18.6 Å². The highest BCUT2D eigenvalue weighted by atomic mass is 16.5. The smallest absolute Gasteiger partial charge is 0.226 e. The Morgan fingerprint density at radius 1 is 1.25 bits per heavy atom. The maximum atomic E-state index is 12.2. The number of aryl methyl sites for hydroxylation is 2. The van der Waals surface area contributed by atoms with Crippen molar-refractivity contribution in [3.63, 3.8) is 0 Å². The first-order valence-corrected chi connectivity index (χ1v) is 10.4. The Morgan fingerprint density at radius 3 is 2.89 bits per heavy atom. The van der Waals surface area contributed by atoms with Gasteiger partial charge in [0.05, 0.1) is 12.3 Å². The van der Waals surface area contributed by atoms with E-state index in [9.17, 15) is 4.79 Å². The minimum absolute atomic E-state index is 0.0225. The first-order chi connectivity index (χ1) is 13.6. The third-order valence-corrected chi connectivity index (χ3v) is 5.86. The zero-order valence-electron chi connectivity index (χ0n) is 16.9.